The lowest BCUT2D eigenvalue weighted by atomic mass is 10.1. The van der Waals surface area contributed by atoms with Gasteiger partial charge in [0.15, 0.2) is 11.5 Å². The van der Waals surface area contributed by atoms with Crippen molar-refractivity contribution < 1.29 is 14.3 Å². The molecule has 5 nitrogen and oxygen atoms in total. The van der Waals surface area contributed by atoms with Gasteiger partial charge in [-0.15, -0.1) is 11.3 Å². The zero-order valence-electron chi connectivity index (χ0n) is 15.3. The van der Waals surface area contributed by atoms with E-state index in [9.17, 15) is 10.1 Å². The molecule has 4 rings (SSSR count). The van der Waals surface area contributed by atoms with E-state index < -0.39 is 0 Å². The maximum absolute atomic E-state index is 12.4. The Hall–Kier alpha value is -3.30. The molecule has 1 N–H and O–H groups in total. The van der Waals surface area contributed by atoms with Crippen molar-refractivity contribution in [2.45, 2.75) is 19.8 Å². The minimum Gasteiger partial charge on any atom is -0.454 e. The van der Waals surface area contributed by atoms with Crippen LogP contribution in [0.2, 0.25) is 0 Å². The van der Waals surface area contributed by atoms with Crippen molar-refractivity contribution in [3.63, 3.8) is 0 Å². The van der Waals surface area contributed by atoms with Crippen LogP contribution in [-0.4, -0.2) is 12.7 Å². The van der Waals surface area contributed by atoms with Gasteiger partial charge in [0.2, 0.25) is 12.7 Å². The molecule has 1 aliphatic heterocycles. The van der Waals surface area contributed by atoms with Gasteiger partial charge in [0.25, 0.3) is 0 Å². The number of nitrogens with one attached hydrogen (secondary N) is 1. The van der Waals surface area contributed by atoms with Crippen molar-refractivity contribution in [2.24, 2.45) is 0 Å². The van der Waals surface area contributed by atoms with E-state index in [2.05, 4.69) is 11.4 Å². The molecule has 0 atom stereocenters. The second kappa shape index (κ2) is 7.75. The second-order valence-electron chi connectivity index (χ2n) is 6.54. The summed E-state index contributed by atoms with van der Waals surface area (Å²) in [4.78, 5) is 13.5. The lowest BCUT2D eigenvalue weighted by Gasteiger charge is -2.03. The van der Waals surface area contributed by atoms with Gasteiger partial charge < -0.3 is 14.8 Å². The van der Waals surface area contributed by atoms with Gasteiger partial charge in [-0.1, -0.05) is 36.4 Å². The highest BCUT2D eigenvalue weighted by atomic mass is 32.1. The molecule has 28 heavy (non-hydrogen) atoms. The third-order valence-electron chi connectivity index (χ3n) is 4.62. The Bertz CT molecular complexity index is 1070. The van der Waals surface area contributed by atoms with Crippen molar-refractivity contribution in [1.29, 1.82) is 5.26 Å². The molecule has 2 aromatic carbocycles. The van der Waals surface area contributed by atoms with Crippen LogP contribution in [0.3, 0.4) is 0 Å². The zero-order valence-corrected chi connectivity index (χ0v) is 16.1. The summed E-state index contributed by atoms with van der Waals surface area (Å²) in [6.07, 6.45) is 0.941. The number of nitriles is 1. The number of nitrogens with zero attached hydrogens (tertiary/aromatic N) is 1. The highest BCUT2D eigenvalue weighted by molar-refractivity contribution is 7.16. The number of rotatable bonds is 5. The molecule has 0 spiro atoms. The van der Waals surface area contributed by atoms with Crippen LogP contribution in [0, 0.1) is 18.3 Å². The SMILES string of the molecule is Cc1c(Cc2ccc3c(c2)OCO3)sc(NC(=O)Cc2ccccc2)c1C#N. The number of fused-ring (bicyclic) bond motifs is 1. The molecule has 1 aromatic heterocycles. The van der Waals surface area contributed by atoms with Crippen molar-refractivity contribution in [1.82, 2.24) is 0 Å². The zero-order chi connectivity index (χ0) is 19.5. The Balaban J connectivity index is 1.53. The average molecular weight is 390 g/mol. The Morgan fingerprint density at radius 2 is 1.93 bits per heavy atom. The van der Waals surface area contributed by atoms with Gasteiger partial charge in [0.05, 0.1) is 12.0 Å². The molecule has 1 aliphatic rings. The first-order chi connectivity index (χ1) is 13.6. The fourth-order valence-corrected chi connectivity index (χ4v) is 4.35. The highest BCUT2D eigenvalue weighted by Crippen LogP contribution is 2.37. The molecule has 0 saturated carbocycles. The summed E-state index contributed by atoms with van der Waals surface area (Å²) in [6.45, 7) is 2.16. The van der Waals surface area contributed by atoms with E-state index >= 15 is 0 Å². The van der Waals surface area contributed by atoms with Crippen LogP contribution in [0.5, 0.6) is 11.5 Å². The summed E-state index contributed by atoms with van der Waals surface area (Å²) in [7, 11) is 0. The Morgan fingerprint density at radius 3 is 2.71 bits per heavy atom. The maximum Gasteiger partial charge on any atom is 0.231 e. The van der Waals surface area contributed by atoms with Crippen molar-refractivity contribution >= 4 is 22.2 Å². The van der Waals surface area contributed by atoms with E-state index in [0.29, 0.717) is 17.0 Å². The largest absolute Gasteiger partial charge is 0.454 e. The van der Waals surface area contributed by atoms with Gasteiger partial charge in [-0.3, -0.25) is 4.79 Å². The molecule has 2 heterocycles. The first kappa shape index (κ1) is 18.1. The number of carbonyl (C=O) groups is 1. The molecule has 6 heteroatoms. The van der Waals surface area contributed by atoms with Crippen LogP contribution in [0.1, 0.15) is 27.1 Å². The van der Waals surface area contributed by atoms with E-state index in [1.54, 1.807) is 0 Å². The average Bonchev–Trinajstić information content (AvgIpc) is 3.26. The smallest absolute Gasteiger partial charge is 0.231 e. The van der Waals surface area contributed by atoms with Gasteiger partial charge >= 0.3 is 0 Å². The molecule has 0 aliphatic carbocycles. The van der Waals surface area contributed by atoms with Gasteiger partial charge in [0, 0.05) is 11.3 Å². The lowest BCUT2D eigenvalue weighted by molar-refractivity contribution is -0.115. The van der Waals surface area contributed by atoms with Gasteiger partial charge in [0.1, 0.15) is 11.1 Å². The molecule has 0 saturated heterocycles. The van der Waals surface area contributed by atoms with E-state index in [-0.39, 0.29) is 19.1 Å². The number of carbonyl (C=O) groups excluding carboxylic acids is 1. The Morgan fingerprint density at radius 1 is 1.14 bits per heavy atom. The van der Waals surface area contributed by atoms with E-state index in [1.807, 2.05) is 55.5 Å². The number of hydrogen-bond donors (Lipinski definition) is 1. The first-order valence-corrected chi connectivity index (χ1v) is 9.70. The van der Waals surface area contributed by atoms with E-state index in [4.69, 9.17) is 9.47 Å². The van der Waals surface area contributed by atoms with Gasteiger partial charge in [-0.05, 0) is 35.7 Å². The number of anilines is 1. The quantitative estimate of drug-likeness (QED) is 0.700. The topological polar surface area (TPSA) is 71.3 Å². The number of hydrogen-bond acceptors (Lipinski definition) is 5. The molecule has 140 valence electrons. The van der Waals surface area contributed by atoms with Crippen molar-refractivity contribution in [3.05, 3.63) is 75.7 Å². The molecule has 1 amide bonds. The number of benzene rings is 2. The molecule has 0 bridgehead atoms. The molecule has 0 radical (unpaired) electrons. The Kier molecular flexibility index (Phi) is 5.00. The molecule has 3 aromatic rings. The summed E-state index contributed by atoms with van der Waals surface area (Å²) < 4.78 is 10.8. The molecular weight excluding hydrogens is 372 g/mol. The molecule has 0 fully saturated rings. The summed E-state index contributed by atoms with van der Waals surface area (Å²) in [6, 6.07) is 17.6. The predicted molar refractivity (Wildman–Crippen MR) is 108 cm³/mol. The number of thiophene rings is 1. The number of ether oxygens (including phenoxy) is 2. The van der Waals surface area contributed by atoms with Crippen molar-refractivity contribution in [3.8, 4) is 17.6 Å². The maximum atomic E-state index is 12.4. The van der Waals surface area contributed by atoms with Crippen molar-refractivity contribution in [2.75, 3.05) is 12.1 Å². The molecular formula is C22H18N2O3S. The lowest BCUT2D eigenvalue weighted by Crippen LogP contribution is -2.14. The van der Waals surface area contributed by atoms with Crippen LogP contribution in [0.4, 0.5) is 5.00 Å². The summed E-state index contributed by atoms with van der Waals surface area (Å²) >= 11 is 1.45. The van der Waals surface area contributed by atoms with Crippen LogP contribution < -0.4 is 14.8 Å². The third-order valence-corrected chi connectivity index (χ3v) is 5.83. The minimum atomic E-state index is -0.126. The van der Waals surface area contributed by atoms with E-state index in [1.165, 1.54) is 11.3 Å². The van der Waals surface area contributed by atoms with Gasteiger partial charge in [-0.2, -0.15) is 5.26 Å². The van der Waals surface area contributed by atoms with Gasteiger partial charge in [-0.25, -0.2) is 0 Å². The fraction of sp³-hybridized carbons (Fsp3) is 0.182. The standard InChI is InChI=1S/C22H18N2O3S/c1-14-17(12-23)22(24-21(25)11-15-5-3-2-4-6-15)28-20(14)10-16-7-8-18-19(9-16)27-13-26-18/h2-9H,10-11,13H2,1H3,(H,24,25). The van der Waals surface area contributed by atoms with Crippen LogP contribution in [0.25, 0.3) is 0 Å². The predicted octanol–water partition coefficient (Wildman–Crippen LogP) is 4.43. The summed E-state index contributed by atoms with van der Waals surface area (Å²) in [5, 5.41) is 13.1. The van der Waals surface area contributed by atoms with Crippen LogP contribution >= 0.6 is 11.3 Å². The van der Waals surface area contributed by atoms with Crippen LogP contribution in [0.15, 0.2) is 48.5 Å². The fourth-order valence-electron chi connectivity index (χ4n) is 3.14. The van der Waals surface area contributed by atoms with Crippen LogP contribution in [-0.2, 0) is 17.6 Å². The first-order valence-electron chi connectivity index (χ1n) is 8.88. The number of amides is 1. The second-order valence-corrected chi connectivity index (χ2v) is 7.65. The summed E-state index contributed by atoms with van der Waals surface area (Å²) in [5.41, 5.74) is 3.44. The summed E-state index contributed by atoms with van der Waals surface area (Å²) in [5.74, 6) is 1.36. The van der Waals surface area contributed by atoms with E-state index in [0.717, 1.165) is 33.1 Å². The molecule has 0 unspecified atom stereocenters. The normalized spacial score (nSPS) is 11.9. The highest BCUT2D eigenvalue weighted by Gasteiger charge is 2.19. The third kappa shape index (κ3) is 3.71. The monoisotopic (exact) mass is 390 g/mol. The Labute approximate surface area is 167 Å². The minimum absolute atomic E-state index is 0.126.